The van der Waals surface area contributed by atoms with Crippen LogP contribution in [0.25, 0.3) is 0 Å². The van der Waals surface area contributed by atoms with Gasteiger partial charge in [-0.05, 0) is 49.2 Å². The van der Waals surface area contributed by atoms with Gasteiger partial charge >= 0.3 is 0 Å². The lowest BCUT2D eigenvalue weighted by molar-refractivity contribution is -0.142. The van der Waals surface area contributed by atoms with Gasteiger partial charge in [0.05, 0.1) is 5.02 Å². The lowest BCUT2D eigenvalue weighted by Crippen LogP contribution is -2.49. The van der Waals surface area contributed by atoms with Gasteiger partial charge in [-0.25, -0.2) is 0 Å². The Morgan fingerprint density at radius 3 is 2.50 bits per heavy atom. The zero-order valence-electron chi connectivity index (χ0n) is 17.0. The largest absolute Gasteiger partial charge is 0.482 e. The highest BCUT2D eigenvalue weighted by molar-refractivity contribution is 6.35. The fourth-order valence-electron chi connectivity index (χ4n) is 2.77. The van der Waals surface area contributed by atoms with Crippen molar-refractivity contribution in [3.8, 4) is 5.75 Å². The first-order valence-corrected chi connectivity index (χ1v) is 10.8. The Morgan fingerprint density at radius 1 is 1.10 bits per heavy atom. The first-order chi connectivity index (χ1) is 14.3. The fourth-order valence-corrected chi connectivity index (χ4v) is 3.44. The minimum absolute atomic E-state index is 0.219. The molecule has 2 aromatic rings. The molecule has 0 bridgehead atoms. The van der Waals surface area contributed by atoms with Gasteiger partial charge in [-0.15, -0.1) is 0 Å². The average Bonchev–Trinajstić information content (AvgIpc) is 2.71. The van der Waals surface area contributed by atoms with E-state index < -0.39 is 6.04 Å². The molecule has 30 heavy (non-hydrogen) atoms. The van der Waals surface area contributed by atoms with Crippen molar-refractivity contribution in [2.75, 3.05) is 13.2 Å². The van der Waals surface area contributed by atoms with Crippen molar-refractivity contribution < 1.29 is 14.3 Å². The van der Waals surface area contributed by atoms with Gasteiger partial charge in [0.15, 0.2) is 6.61 Å². The summed E-state index contributed by atoms with van der Waals surface area (Å²) < 4.78 is 5.58. The summed E-state index contributed by atoms with van der Waals surface area (Å²) >= 11 is 18.1. The Bertz CT molecular complexity index is 876. The molecule has 0 aliphatic heterocycles. The van der Waals surface area contributed by atoms with Crippen LogP contribution < -0.4 is 10.1 Å². The number of carbonyl (C=O) groups is 2. The van der Waals surface area contributed by atoms with Crippen LogP contribution in [0.3, 0.4) is 0 Å². The van der Waals surface area contributed by atoms with Gasteiger partial charge in [0, 0.05) is 23.1 Å². The molecule has 5 nitrogen and oxygen atoms in total. The van der Waals surface area contributed by atoms with E-state index in [-0.39, 0.29) is 25.0 Å². The summed E-state index contributed by atoms with van der Waals surface area (Å²) in [6, 6.07) is 11.3. The van der Waals surface area contributed by atoms with Crippen molar-refractivity contribution in [3.05, 3.63) is 63.1 Å². The van der Waals surface area contributed by atoms with Crippen LogP contribution in [0.15, 0.2) is 42.5 Å². The van der Waals surface area contributed by atoms with Gasteiger partial charge < -0.3 is 15.0 Å². The Labute approximate surface area is 192 Å². The van der Waals surface area contributed by atoms with Crippen molar-refractivity contribution >= 4 is 46.6 Å². The van der Waals surface area contributed by atoms with E-state index in [1.165, 1.54) is 11.0 Å². The number of nitrogens with one attached hydrogen (secondary N) is 1. The predicted octanol–water partition coefficient (Wildman–Crippen LogP) is 5.36. The molecule has 0 aliphatic carbocycles. The first-order valence-electron chi connectivity index (χ1n) is 9.71. The summed E-state index contributed by atoms with van der Waals surface area (Å²) in [4.78, 5) is 27.0. The molecule has 1 atom stereocenters. The second-order valence-electron chi connectivity index (χ2n) is 6.84. The molecule has 2 aromatic carbocycles. The average molecular weight is 472 g/mol. The van der Waals surface area contributed by atoms with Gasteiger partial charge in [0.1, 0.15) is 11.8 Å². The highest BCUT2D eigenvalue weighted by atomic mass is 35.5. The third kappa shape index (κ3) is 7.38. The van der Waals surface area contributed by atoms with Crippen molar-refractivity contribution in [1.29, 1.82) is 0 Å². The van der Waals surface area contributed by atoms with Crippen molar-refractivity contribution in [1.82, 2.24) is 10.2 Å². The molecule has 0 aliphatic rings. The zero-order valence-corrected chi connectivity index (χ0v) is 19.2. The monoisotopic (exact) mass is 470 g/mol. The number of rotatable bonds is 10. The summed E-state index contributed by atoms with van der Waals surface area (Å²) in [5.74, 6) is -0.223. The van der Waals surface area contributed by atoms with Crippen molar-refractivity contribution in [2.45, 2.75) is 39.3 Å². The summed E-state index contributed by atoms with van der Waals surface area (Å²) in [6.07, 6.45) is 1.84. The number of ether oxygens (including phenoxy) is 1. The maximum atomic E-state index is 13.0. The number of halogens is 3. The Hall–Kier alpha value is -1.95. The molecule has 0 saturated carbocycles. The first kappa shape index (κ1) is 24.3. The lowest BCUT2D eigenvalue weighted by atomic mass is 10.1. The summed E-state index contributed by atoms with van der Waals surface area (Å²) in [7, 11) is 0. The third-order valence-corrected chi connectivity index (χ3v) is 5.25. The molecule has 162 valence electrons. The molecule has 0 saturated heterocycles. The van der Waals surface area contributed by atoms with E-state index in [0.29, 0.717) is 27.4 Å². The minimum Gasteiger partial charge on any atom is -0.482 e. The highest BCUT2D eigenvalue weighted by Gasteiger charge is 2.26. The number of amides is 2. The second-order valence-corrected chi connectivity index (χ2v) is 8.12. The summed E-state index contributed by atoms with van der Waals surface area (Å²) in [6.45, 7) is 4.26. The van der Waals surface area contributed by atoms with Gasteiger partial charge in [0.2, 0.25) is 5.91 Å². The fraction of sp³-hybridized carbons (Fsp3) is 0.364. The van der Waals surface area contributed by atoms with E-state index in [1.807, 2.05) is 13.0 Å². The Morgan fingerprint density at radius 2 is 1.83 bits per heavy atom. The van der Waals surface area contributed by atoms with Crippen LogP contribution in [-0.2, 0) is 16.1 Å². The van der Waals surface area contributed by atoms with Crippen LogP contribution in [0.5, 0.6) is 5.75 Å². The highest BCUT2D eigenvalue weighted by Crippen LogP contribution is 2.27. The van der Waals surface area contributed by atoms with E-state index >= 15 is 0 Å². The molecule has 1 N–H and O–H groups in total. The van der Waals surface area contributed by atoms with Crippen LogP contribution in [0.2, 0.25) is 15.1 Å². The number of hydrogen-bond acceptors (Lipinski definition) is 3. The molecule has 0 fully saturated rings. The van der Waals surface area contributed by atoms with E-state index in [0.717, 1.165) is 18.4 Å². The maximum Gasteiger partial charge on any atom is 0.261 e. The quantitative estimate of drug-likeness (QED) is 0.475. The second kappa shape index (κ2) is 12.0. The van der Waals surface area contributed by atoms with E-state index in [1.54, 1.807) is 37.3 Å². The van der Waals surface area contributed by atoms with Gasteiger partial charge in [-0.1, -0.05) is 60.3 Å². The van der Waals surface area contributed by atoms with Gasteiger partial charge in [-0.2, -0.15) is 0 Å². The minimum atomic E-state index is -0.683. The predicted molar refractivity (Wildman–Crippen MR) is 121 cm³/mol. The van der Waals surface area contributed by atoms with Crippen molar-refractivity contribution in [2.24, 2.45) is 0 Å². The molecule has 0 heterocycles. The van der Waals surface area contributed by atoms with E-state index in [2.05, 4.69) is 5.32 Å². The van der Waals surface area contributed by atoms with Gasteiger partial charge in [0.25, 0.3) is 5.91 Å². The Kier molecular flexibility index (Phi) is 9.76. The number of nitrogens with zero attached hydrogens (tertiary/aromatic N) is 1. The van der Waals surface area contributed by atoms with Crippen LogP contribution in [0.1, 0.15) is 32.3 Å². The molecule has 0 aromatic heterocycles. The normalized spacial score (nSPS) is 11.6. The number of carbonyl (C=O) groups excluding carboxylic acids is 2. The Balaban J connectivity index is 2.13. The van der Waals surface area contributed by atoms with E-state index in [9.17, 15) is 9.59 Å². The molecule has 2 rings (SSSR count). The lowest BCUT2D eigenvalue weighted by Gasteiger charge is -2.29. The van der Waals surface area contributed by atoms with Crippen LogP contribution in [-0.4, -0.2) is 35.9 Å². The summed E-state index contributed by atoms with van der Waals surface area (Å²) in [5.41, 5.74) is 0.814. The maximum absolute atomic E-state index is 13.0. The smallest absolute Gasteiger partial charge is 0.261 e. The number of benzene rings is 2. The van der Waals surface area contributed by atoms with Crippen molar-refractivity contribution in [3.63, 3.8) is 0 Å². The molecule has 0 unspecified atom stereocenters. The third-order valence-electron chi connectivity index (χ3n) is 4.48. The molecule has 8 heteroatoms. The van der Waals surface area contributed by atoms with E-state index in [4.69, 9.17) is 39.5 Å². The summed E-state index contributed by atoms with van der Waals surface area (Å²) in [5, 5.41) is 4.21. The SMILES string of the molecule is CCCCNC(=O)[C@H](C)N(Cc1cccc(Cl)c1)C(=O)COc1ccc(Cl)cc1Cl. The zero-order chi connectivity index (χ0) is 22.1. The standard InChI is InChI=1S/C22H25Cl3N2O3/c1-3-4-10-26-22(29)15(2)27(13-16-6-5-7-17(23)11-16)21(28)14-30-20-9-8-18(24)12-19(20)25/h5-9,11-12,15H,3-4,10,13-14H2,1-2H3,(H,26,29)/t15-/m0/s1. The topological polar surface area (TPSA) is 58.6 Å². The molecular weight excluding hydrogens is 447 g/mol. The van der Waals surface area contributed by atoms with Crippen LogP contribution in [0.4, 0.5) is 0 Å². The molecule has 0 radical (unpaired) electrons. The van der Waals surface area contributed by atoms with Crippen LogP contribution in [0, 0.1) is 0 Å². The van der Waals surface area contributed by atoms with Gasteiger partial charge in [-0.3, -0.25) is 9.59 Å². The van der Waals surface area contributed by atoms with Crippen LogP contribution >= 0.6 is 34.8 Å². The number of hydrogen-bond donors (Lipinski definition) is 1. The molecular formula is C22H25Cl3N2O3. The molecule has 2 amide bonds. The number of unbranched alkanes of at least 4 members (excludes halogenated alkanes) is 1. The molecule has 0 spiro atoms.